The number of hydrogen-bond donors (Lipinski definition) is 1. The van der Waals surface area contributed by atoms with Crippen LogP contribution >= 0.6 is 15.9 Å². The van der Waals surface area contributed by atoms with E-state index in [-0.39, 0.29) is 5.91 Å². The molecule has 0 bridgehead atoms. The van der Waals surface area contributed by atoms with Crippen LogP contribution in [0.4, 0.5) is 0 Å². The lowest BCUT2D eigenvalue weighted by Crippen LogP contribution is -2.36. The van der Waals surface area contributed by atoms with E-state index in [4.69, 9.17) is 5.10 Å². The second kappa shape index (κ2) is 6.64. The monoisotopic (exact) mass is 425 g/mol. The van der Waals surface area contributed by atoms with Crippen LogP contribution in [0.2, 0.25) is 0 Å². The highest BCUT2D eigenvalue weighted by molar-refractivity contribution is 9.10. The molecule has 138 valence electrons. The third kappa shape index (κ3) is 2.90. The van der Waals surface area contributed by atoms with E-state index in [1.807, 2.05) is 40.0 Å². The predicted molar refractivity (Wildman–Crippen MR) is 105 cm³/mol. The Morgan fingerprint density at radius 1 is 1.11 bits per heavy atom. The second-order valence-corrected chi connectivity index (χ2v) is 8.14. The van der Waals surface area contributed by atoms with Crippen LogP contribution in [0, 0.1) is 0 Å². The van der Waals surface area contributed by atoms with Crippen molar-refractivity contribution in [1.29, 1.82) is 0 Å². The predicted octanol–water partition coefficient (Wildman–Crippen LogP) is 3.44. The summed E-state index contributed by atoms with van der Waals surface area (Å²) in [5, 5.41) is 11.9. The Hall–Kier alpha value is -2.41. The minimum absolute atomic E-state index is 0.0378. The van der Waals surface area contributed by atoms with Gasteiger partial charge in [0.2, 0.25) is 0 Å². The third-order valence-corrected chi connectivity index (χ3v) is 6.07. The molecule has 0 saturated heterocycles. The molecule has 1 amide bonds. The molecule has 27 heavy (non-hydrogen) atoms. The van der Waals surface area contributed by atoms with Crippen molar-refractivity contribution in [3.8, 4) is 5.69 Å². The number of carbonyl (C=O) groups is 1. The average Bonchev–Trinajstić information content (AvgIpc) is 3.32. The molecule has 0 fully saturated rings. The zero-order valence-corrected chi connectivity index (χ0v) is 16.5. The normalized spacial score (nSPS) is 16.1. The first kappa shape index (κ1) is 16.7. The quantitative estimate of drug-likeness (QED) is 0.683. The van der Waals surface area contributed by atoms with Gasteiger partial charge in [-0.05, 0) is 49.9 Å². The Morgan fingerprint density at radius 3 is 2.78 bits per heavy atom. The Morgan fingerprint density at radius 2 is 1.93 bits per heavy atom. The maximum atomic E-state index is 13.3. The number of nitrogens with zero attached hydrogens (tertiary/aromatic N) is 4. The first-order valence-corrected chi connectivity index (χ1v) is 10.2. The highest BCUT2D eigenvalue weighted by atomic mass is 79.9. The molecule has 0 atom stereocenters. The van der Waals surface area contributed by atoms with Gasteiger partial charge in [0, 0.05) is 46.5 Å². The summed E-state index contributed by atoms with van der Waals surface area (Å²) in [6.07, 6.45) is 6.80. The summed E-state index contributed by atoms with van der Waals surface area (Å²) in [7, 11) is 0. The minimum atomic E-state index is 0.0378. The molecule has 0 saturated carbocycles. The van der Waals surface area contributed by atoms with Crippen LogP contribution in [-0.4, -0.2) is 37.3 Å². The van der Waals surface area contributed by atoms with E-state index in [1.54, 1.807) is 0 Å². The molecule has 1 aliphatic carbocycles. The largest absolute Gasteiger partial charge is 0.332 e. The Kier molecular flexibility index (Phi) is 4.11. The molecule has 3 heterocycles. The molecule has 1 aliphatic heterocycles. The molecule has 1 aromatic carbocycles. The van der Waals surface area contributed by atoms with Crippen LogP contribution in [0.15, 0.2) is 34.9 Å². The number of rotatable bonds is 2. The molecule has 6 nitrogen and oxygen atoms in total. The highest BCUT2D eigenvalue weighted by Gasteiger charge is 2.30. The van der Waals surface area contributed by atoms with Crippen molar-refractivity contribution >= 4 is 21.8 Å². The molecular weight excluding hydrogens is 406 g/mol. The smallest absolute Gasteiger partial charge is 0.274 e. The van der Waals surface area contributed by atoms with Gasteiger partial charge in [-0.3, -0.25) is 9.89 Å². The fourth-order valence-corrected chi connectivity index (χ4v) is 4.38. The van der Waals surface area contributed by atoms with E-state index in [2.05, 4.69) is 26.1 Å². The van der Waals surface area contributed by atoms with Crippen LogP contribution in [0.25, 0.3) is 5.69 Å². The summed E-state index contributed by atoms with van der Waals surface area (Å²) in [5.74, 6) is 0.0378. The van der Waals surface area contributed by atoms with Crippen molar-refractivity contribution in [1.82, 2.24) is 24.9 Å². The van der Waals surface area contributed by atoms with Gasteiger partial charge < -0.3 is 4.90 Å². The molecule has 2 aromatic heterocycles. The van der Waals surface area contributed by atoms with Gasteiger partial charge >= 0.3 is 0 Å². The van der Waals surface area contributed by atoms with Crippen LogP contribution in [0.1, 0.15) is 45.8 Å². The van der Waals surface area contributed by atoms with Crippen molar-refractivity contribution < 1.29 is 4.79 Å². The lowest BCUT2D eigenvalue weighted by Gasteiger charge is -2.26. The van der Waals surface area contributed by atoms with Crippen LogP contribution < -0.4 is 0 Å². The van der Waals surface area contributed by atoms with E-state index in [0.717, 1.165) is 59.1 Å². The summed E-state index contributed by atoms with van der Waals surface area (Å²) in [5.41, 5.74) is 6.20. The number of fused-ring (bicyclic) bond motifs is 2. The second-order valence-electron chi connectivity index (χ2n) is 7.22. The van der Waals surface area contributed by atoms with Gasteiger partial charge in [0.15, 0.2) is 5.69 Å². The average molecular weight is 426 g/mol. The van der Waals surface area contributed by atoms with Gasteiger partial charge in [0.05, 0.1) is 11.9 Å². The fraction of sp³-hybridized carbons (Fsp3) is 0.350. The molecule has 2 aliphatic rings. The van der Waals surface area contributed by atoms with Gasteiger partial charge in [0.25, 0.3) is 5.91 Å². The number of carbonyl (C=O) groups excluding carboxylic acids is 1. The summed E-state index contributed by atoms with van der Waals surface area (Å²) < 4.78 is 3.01. The number of H-pyrrole nitrogens is 1. The number of hydrogen-bond acceptors (Lipinski definition) is 3. The summed E-state index contributed by atoms with van der Waals surface area (Å²) in [4.78, 5) is 15.2. The highest BCUT2D eigenvalue weighted by Crippen LogP contribution is 2.29. The first-order valence-electron chi connectivity index (χ1n) is 9.38. The fourth-order valence-electron chi connectivity index (χ4n) is 4.11. The van der Waals surface area contributed by atoms with Gasteiger partial charge in [-0.2, -0.15) is 10.2 Å². The number of aromatic nitrogens is 4. The van der Waals surface area contributed by atoms with E-state index in [1.165, 1.54) is 5.69 Å². The van der Waals surface area contributed by atoms with Crippen LogP contribution in [0.3, 0.4) is 0 Å². The lowest BCUT2D eigenvalue weighted by molar-refractivity contribution is 0.0726. The maximum Gasteiger partial charge on any atom is 0.274 e. The van der Waals surface area contributed by atoms with E-state index >= 15 is 0 Å². The Labute approximate surface area is 165 Å². The maximum absolute atomic E-state index is 13.3. The van der Waals surface area contributed by atoms with Gasteiger partial charge in [-0.15, -0.1) is 0 Å². The molecule has 1 N–H and O–H groups in total. The Bertz CT molecular complexity index is 1000. The number of aromatic amines is 1. The summed E-state index contributed by atoms with van der Waals surface area (Å²) >= 11 is 3.49. The molecule has 0 spiro atoms. The number of benzene rings is 1. The summed E-state index contributed by atoms with van der Waals surface area (Å²) in [6.45, 7) is 1.30. The zero-order valence-electron chi connectivity index (χ0n) is 14.9. The molecule has 7 heteroatoms. The van der Waals surface area contributed by atoms with Gasteiger partial charge in [-0.25, -0.2) is 4.68 Å². The topological polar surface area (TPSA) is 66.8 Å². The Balaban J connectivity index is 1.52. The molecule has 3 aromatic rings. The molecule has 0 radical (unpaired) electrons. The number of nitrogens with one attached hydrogen (secondary N) is 1. The van der Waals surface area contributed by atoms with Crippen molar-refractivity contribution in [2.75, 3.05) is 6.54 Å². The molecular formula is C20H20BrN5O. The van der Waals surface area contributed by atoms with E-state index < -0.39 is 0 Å². The van der Waals surface area contributed by atoms with Gasteiger partial charge in [-0.1, -0.05) is 15.9 Å². The van der Waals surface area contributed by atoms with Crippen molar-refractivity contribution in [2.24, 2.45) is 0 Å². The van der Waals surface area contributed by atoms with E-state index in [9.17, 15) is 4.79 Å². The summed E-state index contributed by atoms with van der Waals surface area (Å²) in [6, 6.07) is 8.11. The standard InChI is InChI=1S/C20H20BrN5O/c21-14-5-7-15(8-6-14)26-18-4-2-1-3-16(18)19(24-26)20(27)25-10-9-17-13(12-25)11-22-23-17/h5-8,11H,1-4,9-10,12H2,(H,22,23). The number of halogens is 1. The number of amides is 1. The zero-order chi connectivity index (χ0) is 18.4. The first-order chi connectivity index (χ1) is 13.2. The van der Waals surface area contributed by atoms with E-state index in [0.29, 0.717) is 18.8 Å². The lowest BCUT2D eigenvalue weighted by atomic mass is 9.95. The molecule has 5 rings (SSSR count). The van der Waals surface area contributed by atoms with Crippen molar-refractivity contribution in [2.45, 2.75) is 38.6 Å². The molecule has 0 unspecified atom stereocenters. The van der Waals surface area contributed by atoms with Crippen molar-refractivity contribution in [3.63, 3.8) is 0 Å². The van der Waals surface area contributed by atoms with Crippen LogP contribution in [0.5, 0.6) is 0 Å². The third-order valence-electron chi connectivity index (χ3n) is 5.54. The SMILES string of the molecule is O=C(c1nn(-c2ccc(Br)cc2)c2c1CCCC2)N1CCc2[nH]ncc2C1. The minimum Gasteiger partial charge on any atom is -0.332 e. The van der Waals surface area contributed by atoms with Gasteiger partial charge in [0.1, 0.15) is 0 Å². The van der Waals surface area contributed by atoms with Crippen molar-refractivity contribution in [3.05, 3.63) is 63.1 Å². The van der Waals surface area contributed by atoms with Crippen LogP contribution in [-0.2, 0) is 25.8 Å².